The normalized spacial score (nSPS) is 14.1. The van der Waals surface area contributed by atoms with Crippen LogP contribution in [0.3, 0.4) is 0 Å². The van der Waals surface area contributed by atoms with E-state index in [1.54, 1.807) is 18.2 Å². The van der Waals surface area contributed by atoms with Crippen LogP contribution >= 0.6 is 0 Å². The number of carbonyl (C=O) groups excluding carboxylic acids is 1. The number of rotatable bonds is 1. The first-order valence-corrected chi connectivity index (χ1v) is 5.90. The van der Waals surface area contributed by atoms with Crippen LogP contribution in [0.1, 0.15) is 11.1 Å². The second kappa shape index (κ2) is 4.33. The first kappa shape index (κ1) is 12.7. The molecule has 3 rings (SSSR count). The van der Waals surface area contributed by atoms with E-state index in [1.807, 2.05) is 0 Å². The van der Waals surface area contributed by atoms with E-state index in [2.05, 4.69) is 10.3 Å². The Morgan fingerprint density at radius 2 is 1.95 bits per heavy atom. The minimum absolute atomic E-state index is 0.0856. The van der Waals surface area contributed by atoms with Crippen molar-refractivity contribution in [3.8, 4) is 11.3 Å². The molecule has 1 amide bonds. The predicted molar refractivity (Wildman–Crippen MR) is 67.0 cm³/mol. The number of nitrogens with one attached hydrogen (secondary N) is 1. The second-order valence-corrected chi connectivity index (χ2v) is 4.53. The topological polar surface area (TPSA) is 42.0 Å². The lowest BCUT2D eigenvalue weighted by Crippen LogP contribution is -2.05. The summed E-state index contributed by atoms with van der Waals surface area (Å²) in [7, 11) is 0. The highest BCUT2D eigenvalue weighted by atomic mass is 19.4. The summed E-state index contributed by atoms with van der Waals surface area (Å²) in [6.07, 6.45) is -3.26. The number of hydrogen-bond acceptors (Lipinski definition) is 2. The van der Waals surface area contributed by atoms with Crippen molar-refractivity contribution in [2.24, 2.45) is 0 Å². The zero-order chi connectivity index (χ0) is 14.3. The molecule has 0 aliphatic carbocycles. The summed E-state index contributed by atoms with van der Waals surface area (Å²) in [5, 5.41) is 2.70. The standard InChI is InChI=1S/C14H9F3N2O/c15-14(16,17)10-3-4-11(18-7-10)8-1-2-9-6-13(20)19-12(9)5-8/h1-5,7H,6H2,(H,19,20). The van der Waals surface area contributed by atoms with E-state index in [4.69, 9.17) is 0 Å². The minimum Gasteiger partial charge on any atom is -0.326 e. The van der Waals surface area contributed by atoms with Gasteiger partial charge < -0.3 is 5.32 Å². The Balaban J connectivity index is 1.94. The number of aromatic nitrogens is 1. The van der Waals surface area contributed by atoms with Crippen molar-refractivity contribution in [2.75, 3.05) is 5.32 Å². The van der Waals surface area contributed by atoms with Gasteiger partial charge in [0.05, 0.1) is 17.7 Å². The zero-order valence-electron chi connectivity index (χ0n) is 10.2. The first-order valence-electron chi connectivity index (χ1n) is 5.90. The molecule has 3 nitrogen and oxygen atoms in total. The molecule has 0 atom stereocenters. The Labute approximate surface area is 112 Å². The van der Waals surface area contributed by atoms with Gasteiger partial charge in [-0.2, -0.15) is 13.2 Å². The van der Waals surface area contributed by atoms with Crippen LogP contribution in [0.15, 0.2) is 36.5 Å². The molecular formula is C14H9F3N2O. The quantitative estimate of drug-likeness (QED) is 0.870. The number of benzene rings is 1. The molecule has 20 heavy (non-hydrogen) atoms. The summed E-state index contributed by atoms with van der Waals surface area (Å²) in [5.41, 5.74) is 1.89. The van der Waals surface area contributed by atoms with Crippen molar-refractivity contribution >= 4 is 11.6 Å². The smallest absolute Gasteiger partial charge is 0.326 e. The number of alkyl halides is 3. The van der Waals surface area contributed by atoms with E-state index in [0.29, 0.717) is 23.4 Å². The number of carbonyl (C=O) groups is 1. The molecule has 1 aliphatic rings. The molecule has 0 radical (unpaired) electrons. The molecule has 0 saturated carbocycles. The van der Waals surface area contributed by atoms with Gasteiger partial charge in [0.1, 0.15) is 0 Å². The largest absolute Gasteiger partial charge is 0.417 e. The van der Waals surface area contributed by atoms with Gasteiger partial charge in [-0.15, -0.1) is 0 Å². The molecule has 6 heteroatoms. The molecule has 0 unspecified atom stereocenters. The fraction of sp³-hybridized carbons (Fsp3) is 0.143. The Morgan fingerprint density at radius 3 is 2.60 bits per heavy atom. The lowest BCUT2D eigenvalue weighted by atomic mass is 10.1. The summed E-state index contributed by atoms with van der Waals surface area (Å²) in [5.74, 6) is -0.0856. The number of amides is 1. The molecule has 0 spiro atoms. The van der Waals surface area contributed by atoms with Crippen LogP contribution < -0.4 is 5.32 Å². The summed E-state index contributed by atoms with van der Waals surface area (Å²) in [6, 6.07) is 7.56. The van der Waals surface area contributed by atoms with Gasteiger partial charge >= 0.3 is 6.18 Å². The number of anilines is 1. The third kappa shape index (κ3) is 2.24. The van der Waals surface area contributed by atoms with E-state index in [-0.39, 0.29) is 5.91 Å². The number of hydrogen-bond donors (Lipinski definition) is 1. The van der Waals surface area contributed by atoms with Crippen LogP contribution in [0.25, 0.3) is 11.3 Å². The SMILES string of the molecule is O=C1Cc2ccc(-c3ccc(C(F)(F)F)cn3)cc2N1. The maximum Gasteiger partial charge on any atom is 0.417 e. The Bertz CT molecular complexity index is 678. The molecule has 1 aliphatic heterocycles. The monoisotopic (exact) mass is 278 g/mol. The number of pyridine rings is 1. The lowest BCUT2D eigenvalue weighted by Gasteiger charge is -2.08. The molecular weight excluding hydrogens is 269 g/mol. The highest BCUT2D eigenvalue weighted by Crippen LogP contribution is 2.31. The zero-order valence-corrected chi connectivity index (χ0v) is 10.2. The summed E-state index contributed by atoms with van der Waals surface area (Å²) < 4.78 is 37.4. The van der Waals surface area contributed by atoms with Crippen LogP contribution in [-0.2, 0) is 17.4 Å². The Morgan fingerprint density at radius 1 is 1.15 bits per heavy atom. The van der Waals surface area contributed by atoms with Gasteiger partial charge in [0, 0.05) is 17.4 Å². The second-order valence-electron chi connectivity index (χ2n) is 4.53. The van der Waals surface area contributed by atoms with Gasteiger partial charge in [0.25, 0.3) is 0 Å². The molecule has 102 valence electrons. The van der Waals surface area contributed by atoms with Crippen LogP contribution in [-0.4, -0.2) is 10.9 Å². The third-order valence-corrected chi connectivity index (χ3v) is 3.12. The molecule has 0 saturated heterocycles. The number of nitrogens with zero attached hydrogens (tertiary/aromatic N) is 1. The molecule has 0 bridgehead atoms. The maximum absolute atomic E-state index is 12.5. The van der Waals surface area contributed by atoms with E-state index < -0.39 is 11.7 Å². The number of halogens is 3. The predicted octanol–water partition coefficient (Wildman–Crippen LogP) is 3.26. The van der Waals surface area contributed by atoms with Crippen molar-refractivity contribution in [1.29, 1.82) is 0 Å². The van der Waals surface area contributed by atoms with Crippen molar-refractivity contribution in [1.82, 2.24) is 4.98 Å². The van der Waals surface area contributed by atoms with E-state index in [0.717, 1.165) is 17.8 Å². The average molecular weight is 278 g/mol. The third-order valence-electron chi connectivity index (χ3n) is 3.12. The van der Waals surface area contributed by atoms with Gasteiger partial charge in [-0.3, -0.25) is 9.78 Å². The minimum atomic E-state index is -4.39. The fourth-order valence-corrected chi connectivity index (χ4v) is 2.11. The van der Waals surface area contributed by atoms with Crippen LogP contribution in [0.2, 0.25) is 0 Å². The fourth-order valence-electron chi connectivity index (χ4n) is 2.11. The van der Waals surface area contributed by atoms with Gasteiger partial charge in [-0.1, -0.05) is 12.1 Å². The van der Waals surface area contributed by atoms with Crippen molar-refractivity contribution < 1.29 is 18.0 Å². The molecule has 0 fully saturated rings. The van der Waals surface area contributed by atoms with Crippen LogP contribution in [0.4, 0.5) is 18.9 Å². The van der Waals surface area contributed by atoms with Crippen molar-refractivity contribution in [3.05, 3.63) is 47.7 Å². The van der Waals surface area contributed by atoms with Crippen molar-refractivity contribution in [3.63, 3.8) is 0 Å². The van der Waals surface area contributed by atoms with Crippen molar-refractivity contribution in [2.45, 2.75) is 12.6 Å². The molecule has 1 aromatic heterocycles. The Hall–Kier alpha value is -2.37. The van der Waals surface area contributed by atoms with E-state index in [1.165, 1.54) is 6.07 Å². The molecule has 2 aromatic rings. The molecule has 1 N–H and O–H groups in total. The number of fused-ring (bicyclic) bond motifs is 1. The summed E-state index contributed by atoms with van der Waals surface area (Å²) in [6.45, 7) is 0. The summed E-state index contributed by atoms with van der Waals surface area (Å²) >= 11 is 0. The highest BCUT2D eigenvalue weighted by Gasteiger charge is 2.30. The highest BCUT2D eigenvalue weighted by molar-refractivity contribution is 5.99. The summed E-state index contributed by atoms with van der Waals surface area (Å²) in [4.78, 5) is 15.1. The van der Waals surface area contributed by atoms with Gasteiger partial charge in [0.2, 0.25) is 5.91 Å². The lowest BCUT2D eigenvalue weighted by molar-refractivity contribution is -0.137. The van der Waals surface area contributed by atoms with Crippen LogP contribution in [0, 0.1) is 0 Å². The van der Waals surface area contributed by atoms with E-state index in [9.17, 15) is 18.0 Å². The first-order chi connectivity index (χ1) is 9.43. The van der Waals surface area contributed by atoms with E-state index >= 15 is 0 Å². The van der Waals surface area contributed by atoms with Gasteiger partial charge in [-0.25, -0.2) is 0 Å². The Kier molecular flexibility index (Phi) is 2.74. The average Bonchev–Trinajstić information content (AvgIpc) is 2.77. The molecule has 1 aromatic carbocycles. The van der Waals surface area contributed by atoms with Crippen LogP contribution in [0.5, 0.6) is 0 Å². The van der Waals surface area contributed by atoms with Gasteiger partial charge in [0.15, 0.2) is 0 Å². The van der Waals surface area contributed by atoms with Gasteiger partial charge in [-0.05, 0) is 23.8 Å². The molecule has 2 heterocycles. The maximum atomic E-state index is 12.5.